The van der Waals surface area contributed by atoms with E-state index >= 15 is 0 Å². The summed E-state index contributed by atoms with van der Waals surface area (Å²) in [6.45, 7) is 8.81. The molecule has 0 aliphatic rings. The summed E-state index contributed by atoms with van der Waals surface area (Å²) in [6, 6.07) is 0. The molecule has 1 aromatic rings. The van der Waals surface area contributed by atoms with E-state index in [1.165, 1.54) is 0 Å². The van der Waals surface area contributed by atoms with Crippen molar-refractivity contribution >= 4 is 34.8 Å². The van der Waals surface area contributed by atoms with Crippen molar-refractivity contribution in [1.82, 2.24) is 15.0 Å². The van der Waals surface area contributed by atoms with Crippen LogP contribution in [0.15, 0.2) is 0 Å². The predicted octanol–water partition coefficient (Wildman–Crippen LogP) is 3.42. The number of halogens is 3. The summed E-state index contributed by atoms with van der Waals surface area (Å²) in [7, 11) is 0. The van der Waals surface area contributed by atoms with Gasteiger partial charge in [-0.15, -0.1) is 5.10 Å². The first-order chi connectivity index (χ1) is 6.68. The largest absolute Gasteiger partial charge is 0.249 e. The molecule has 0 atom stereocenters. The van der Waals surface area contributed by atoms with Crippen LogP contribution in [0.5, 0.6) is 0 Å². The van der Waals surface area contributed by atoms with E-state index in [4.69, 9.17) is 34.8 Å². The topological polar surface area (TPSA) is 30.7 Å². The van der Waals surface area contributed by atoms with E-state index in [1.54, 1.807) is 4.68 Å². The normalized spacial score (nSPS) is 13.3. The third kappa shape index (κ3) is 2.77. The molecular weight excluding hydrogens is 256 g/mol. The maximum Gasteiger partial charge on any atom is 0.236 e. The molecule has 1 rings (SSSR count). The van der Waals surface area contributed by atoms with E-state index in [0.717, 1.165) is 5.69 Å². The van der Waals surface area contributed by atoms with Gasteiger partial charge in [-0.25, -0.2) is 4.68 Å². The lowest BCUT2D eigenvalue weighted by Gasteiger charge is -2.22. The minimum Gasteiger partial charge on any atom is -0.249 e. The Hall–Kier alpha value is 0.01000. The molecule has 0 saturated carbocycles. The van der Waals surface area contributed by atoms with Gasteiger partial charge in [0.15, 0.2) is 0 Å². The Morgan fingerprint density at radius 2 is 1.73 bits per heavy atom. The molecule has 0 fully saturated rings. The molecular formula is C9H14Cl3N3. The standard InChI is InChI=1S/C9H14Cl3N3/c1-5-15-7(8(2,3)4)6(13-14-15)9(10,11)12/h5H2,1-4H3. The van der Waals surface area contributed by atoms with Gasteiger partial charge in [0.1, 0.15) is 5.69 Å². The van der Waals surface area contributed by atoms with E-state index in [2.05, 4.69) is 10.3 Å². The summed E-state index contributed by atoms with van der Waals surface area (Å²) in [4.78, 5) is 0. The zero-order valence-electron chi connectivity index (χ0n) is 9.18. The third-order valence-corrected chi connectivity index (χ3v) is 2.55. The summed E-state index contributed by atoms with van der Waals surface area (Å²) >= 11 is 17.6. The first-order valence-corrected chi connectivity index (χ1v) is 5.82. The van der Waals surface area contributed by atoms with Crippen LogP contribution in [0.25, 0.3) is 0 Å². The highest BCUT2D eigenvalue weighted by Gasteiger charge is 2.36. The molecule has 1 aromatic heterocycles. The van der Waals surface area contributed by atoms with Gasteiger partial charge in [-0.3, -0.25) is 0 Å². The number of nitrogens with zero attached hydrogens (tertiary/aromatic N) is 3. The second-order valence-electron chi connectivity index (χ2n) is 4.35. The lowest BCUT2D eigenvalue weighted by atomic mass is 9.90. The van der Waals surface area contributed by atoms with Gasteiger partial charge in [-0.2, -0.15) is 0 Å². The van der Waals surface area contributed by atoms with Crippen molar-refractivity contribution in [1.29, 1.82) is 0 Å². The van der Waals surface area contributed by atoms with Gasteiger partial charge in [0.2, 0.25) is 3.79 Å². The number of rotatable bonds is 1. The van der Waals surface area contributed by atoms with Crippen molar-refractivity contribution in [3.8, 4) is 0 Å². The van der Waals surface area contributed by atoms with Gasteiger partial charge in [0.25, 0.3) is 0 Å². The fourth-order valence-corrected chi connectivity index (χ4v) is 1.85. The van der Waals surface area contributed by atoms with Crippen molar-refractivity contribution in [2.45, 2.75) is 43.4 Å². The average molecular weight is 271 g/mol. The van der Waals surface area contributed by atoms with E-state index in [9.17, 15) is 0 Å². The minimum atomic E-state index is -1.52. The van der Waals surface area contributed by atoms with Crippen LogP contribution in [0.2, 0.25) is 0 Å². The van der Waals surface area contributed by atoms with Crippen LogP contribution in [-0.2, 0) is 15.8 Å². The van der Waals surface area contributed by atoms with Crippen LogP contribution < -0.4 is 0 Å². The van der Waals surface area contributed by atoms with E-state index < -0.39 is 3.79 Å². The summed E-state index contributed by atoms with van der Waals surface area (Å²) in [5.41, 5.74) is 1.13. The second kappa shape index (κ2) is 4.11. The monoisotopic (exact) mass is 269 g/mol. The predicted molar refractivity (Wildman–Crippen MR) is 63.6 cm³/mol. The first kappa shape index (κ1) is 13.1. The molecule has 0 spiro atoms. The van der Waals surface area contributed by atoms with Gasteiger partial charge >= 0.3 is 0 Å². The Balaban J connectivity index is 3.37. The Morgan fingerprint density at radius 1 is 1.20 bits per heavy atom. The van der Waals surface area contributed by atoms with Crippen LogP contribution in [0, 0.1) is 0 Å². The van der Waals surface area contributed by atoms with E-state index in [-0.39, 0.29) is 5.41 Å². The van der Waals surface area contributed by atoms with Crippen LogP contribution in [-0.4, -0.2) is 15.0 Å². The summed E-state index contributed by atoms with van der Waals surface area (Å²) in [6.07, 6.45) is 0. The molecule has 0 amide bonds. The molecule has 0 radical (unpaired) electrons. The van der Waals surface area contributed by atoms with Gasteiger partial charge in [0.05, 0.1) is 5.69 Å². The molecule has 15 heavy (non-hydrogen) atoms. The molecule has 1 heterocycles. The maximum atomic E-state index is 5.86. The number of aromatic nitrogens is 3. The molecule has 86 valence electrons. The van der Waals surface area contributed by atoms with Gasteiger partial charge in [-0.05, 0) is 6.92 Å². The van der Waals surface area contributed by atoms with Crippen LogP contribution >= 0.6 is 34.8 Å². The Morgan fingerprint density at radius 3 is 2.07 bits per heavy atom. The van der Waals surface area contributed by atoms with Crippen molar-refractivity contribution < 1.29 is 0 Å². The van der Waals surface area contributed by atoms with Crippen LogP contribution in [0.4, 0.5) is 0 Å². The highest BCUT2D eigenvalue weighted by atomic mass is 35.6. The number of hydrogen-bond acceptors (Lipinski definition) is 2. The van der Waals surface area contributed by atoms with Crippen LogP contribution in [0.1, 0.15) is 39.1 Å². The van der Waals surface area contributed by atoms with Gasteiger partial charge < -0.3 is 0 Å². The Labute approximate surface area is 105 Å². The number of hydrogen-bond donors (Lipinski definition) is 0. The molecule has 3 nitrogen and oxygen atoms in total. The molecule has 0 unspecified atom stereocenters. The number of aryl methyl sites for hydroxylation is 1. The highest BCUT2D eigenvalue weighted by Crippen LogP contribution is 2.41. The molecule has 0 N–H and O–H groups in total. The number of alkyl halides is 3. The van der Waals surface area contributed by atoms with Gasteiger partial charge in [-0.1, -0.05) is 60.8 Å². The zero-order valence-corrected chi connectivity index (χ0v) is 11.5. The van der Waals surface area contributed by atoms with Crippen molar-refractivity contribution in [2.24, 2.45) is 0 Å². The second-order valence-corrected chi connectivity index (χ2v) is 6.63. The van der Waals surface area contributed by atoms with Crippen molar-refractivity contribution in [2.75, 3.05) is 0 Å². The smallest absolute Gasteiger partial charge is 0.236 e. The lowest BCUT2D eigenvalue weighted by molar-refractivity contribution is 0.491. The maximum absolute atomic E-state index is 5.86. The Kier molecular flexibility index (Phi) is 3.59. The molecule has 0 saturated heterocycles. The summed E-state index contributed by atoms with van der Waals surface area (Å²) < 4.78 is 0.243. The fourth-order valence-electron chi connectivity index (χ4n) is 1.47. The first-order valence-electron chi connectivity index (χ1n) is 4.69. The van der Waals surface area contributed by atoms with Gasteiger partial charge in [0, 0.05) is 12.0 Å². The molecule has 0 aliphatic heterocycles. The fraction of sp³-hybridized carbons (Fsp3) is 0.778. The SMILES string of the molecule is CCn1nnc(C(Cl)(Cl)Cl)c1C(C)(C)C. The molecule has 6 heteroatoms. The zero-order chi connectivity index (χ0) is 11.9. The average Bonchev–Trinajstić information content (AvgIpc) is 2.44. The Bertz CT molecular complexity index is 346. The lowest BCUT2D eigenvalue weighted by Crippen LogP contribution is -2.22. The highest BCUT2D eigenvalue weighted by molar-refractivity contribution is 6.66. The molecule has 0 bridgehead atoms. The van der Waals surface area contributed by atoms with Crippen LogP contribution in [0.3, 0.4) is 0 Å². The summed E-state index contributed by atoms with van der Waals surface area (Å²) in [5.74, 6) is 0. The molecule has 0 aromatic carbocycles. The minimum absolute atomic E-state index is 0.154. The quantitative estimate of drug-likeness (QED) is 0.732. The van der Waals surface area contributed by atoms with Crippen molar-refractivity contribution in [3.63, 3.8) is 0 Å². The summed E-state index contributed by atoms with van der Waals surface area (Å²) in [5, 5.41) is 7.92. The third-order valence-electron chi connectivity index (χ3n) is 2.01. The van der Waals surface area contributed by atoms with E-state index in [0.29, 0.717) is 12.2 Å². The molecule has 0 aliphatic carbocycles. The van der Waals surface area contributed by atoms with E-state index in [1.807, 2.05) is 27.7 Å². The van der Waals surface area contributed by atoms with Crippen molar-refractivity contribution in [3.05, 3.63) is 11.4 Å².